The second-order valence-electron chi connectivity index (χ2n) is 4.69. The zero-order chi connectivity index (χ0) is 13.4. The summed E-state index contributed by atoms with van der Waals surface area (Å²) >= 11 is 0. The van der Waals surface area contributed by atoms with Crippen LogP contribution in [-0.4, -0.2) is 9.97 Å². The van der Waals surface area contributed by atoms with Crippen molar-refractivity contribution < 1.29 is 0 Å². The summed E-state index contributed by atoms with van der Waals surface area (Å²) in [6, 6.07) is 14.3. The molecule has 0 spiro atoms. The molecule has 3 heteroatoms. The second-order valence-corrected chi connectivity index (χ2v) is 4.69. The SMILES string of the molecule is Cc1nc(-c2ccc3ccccc3c2)c(C)c(=O)[nH]1. The highest BCUT2D eigenvalue weighted by Gasteiger charge is 2.08. The first-order valence-corrected chi connectivity index (χ1v) is 6.22. The Labute approximate surface area is 111 Å². The number of benzene rings is 2. The van der Waals surface area contributed by atoms with E-state index in [0.29, 0.717) is 11.4 Å². The monoisotopic (exact) mass is 250 g/mol. The minimum absolute atomic E-state index is 0.0735. The highest BCUT2D eigenvalue weighted by Crippen LogP contribution is 2.24. The van der Waals surface area contributed by atoms with Gasteiger partial charge in [-0.1, -0.05) is 36.4 Å². The van der Waals surface area contributed by atoms with Crippen LogP contribution in [0.4, 0.5) is 0 Å². The fraction of sp³-hybridized carbons (Fsp3) is 0.125. The number of aryl methyl sites for hydroxylation is 1. The third-order valence-electron chi connectivity index (χ3n) is 3.29. The molecule has 3 nitrogen and oxygen atoms in total. The molecule has 3 aromatic rings. The van der Waals surface area contributed by atoms with E-state index < -0.39 is 0 Å². The standard InChI is InChI=1S/C16H14N2O/c1-10-15(17-11(2)18-16(10)19)14-8-7-12-5-3-4-6-13(12)9-14/h3-9H,1-2H3,(H,17,18,19). The Morgan fingerprint density at radius 2 is 1.74 bits per heavy atom. The molecule has 1 aromatic heterocycles. The van der Waals surface area contributed by atoms with E-state index >= 15 is 0 Å². The number of fused-ring (bicyclic) bond motifs is 1. The first-order valence-electron chi connectivity index (χ1n) is 6.22. The van der Waals surface area contributed by atoms with Crippen LogP contribution in [0.3, 0.4) is 0 Å². The van der Waals surface area contributed by atoms with E-state index in [1.165, 1.54) is 5.39 Å². The predicted octanol–water partition coefficient (Wildman–Crippen LogP) is 3.21. The zero-order valence-corrected chi connectivity index (χ0v) is 10.9. The topological polar surface area (TPSA) is 45.8 Å². The van der Waals surface area contributed by atoms with E-state index in [9.17, 15) is 4.79 Å². The van der Waals surface area contributed by atoms with Crippen molar-refractivity contribution in [2.75, 3.05) is 0 Å². The van der Waals surface area contributed by atoms with Crippen molar-refractivity contribution in [1.82, 2.24) is 9.97 Å². The summed E-state index contributed by atoms with van der Waals surface area (Å²) in [5.74, 6) is 0.638. The number of nitrogens with one attached hydrogen (secondary N) is 1. The van der Waals surface area contributed by atoms with Gasteiger partial charge >= 0.3 is 0 Å². The van der Waals surface area contributed by atoms with E-state index in [1.54, 1.807) is 13.8 Å². The van der Waals surface area contributed by atoms with Gasteiger partial charge < -0.3 is 4.98 Å². The van der Waals surface area contributed by atoms with E-state index in [-0.39, 0.29) is 5.56 Å². The van der Waals surface area contributed by atoms with Gasteiger partial charge in [-0.2, -0.15) is 0 Å². The third-order valence-corrected chi connectivity index (χ3v) is 3.29. The highest BCUT2D eigenvalue weighted by molar-refractivity contribution is 5.87. The molecule has 0 aliphatic rings. The molecule has 94 valence electrons. The van der Waals surface area contributed by atoms with Gasteiger partial charge in [-0.05, 0) is 30.7 Å². The Hall–Kier alpha value is -2.42. The van der Waals surface area contributed by atoms with Crippen LogP contribution >= 0.6 is 0 Å². The van der Waals surface area contributed by atoms with Crippen LogP contribution < -0.4 is 5.56 Å². The number of aromatic nitrogens is 2. The lowest BCUT2D eigenvalue weighted by Crippen LogP contribution is -2.14. The molecule has 19 heavy (non-hydrogen) atoms. The van der Waals surface area contributed by atoms with Crippen molar-refractivity contribution in [3.8, 4) is 11.3 Å². The van der Waals surface area contributed by atoms with E-state index in [1.807, 2.05) is 18.2 Å². The molecular formula is C16H14N2O. The summed E-state index contributed by atoms with van der Waals surface area (Å²) in [7, 11) is 0. The molecule has 0 bridgehead atoms. The van der Waals surface area contributed by atoms with Gasteiger partial charge in [-0.25, -0.2) is 4.98 Å². The van der Waals surface area contributed by atoms with Gasteiger partial charge in [0, 0.05) is 11.1 Å². The Kier molecular flexibility index (Phi) is 2.67. The smallest absolute Gasteiger partial charge is 0.254 e. The van der Waals surface area contributed by atoms with Gasteiger partial charge in [0.15, 0.2) is 0 Å². The van der Waals surface area contributed by atoms with E-state index in [0.717, 1.165) is 16.6 Å². The number of aromatic amines is 1. The van der Waals surface area contributed by atoms with Gasteiger partial charge in [-0.3, -0.25) is 4.79 Å². The number of hydrogen-bond donors (Lipinski definition) is 1. The summed E-state index contributed by atoms with van der Waals surface area (Å²) in [6.45, 7) is 3.60. The molecule has 1 N–H and O–H groups in total. The number of nitrogens with zero attached hydrogens (tertiary/aromatic N) is 1. The first-order chi connectivity index (χ1) is 9.15. The summed E-state index contributed by atoms with van der Waals surface area (Å²) < 4.78 is 0. The second kappa shape index (κ2) is 4.35. The lowest BCUT2D eigenvalue weighted by atomic mass is 10.0. The average molecular weight is 250 g/mol. The minimum Gasteiger partial charge on any atom is -0.311 e. The van der Waals surface area contributed by atoms with Gasteiger partial charge in [-0.15, -0.1) is 0 Å². The van der Waals surface area contributed by atoms with E-state index in [4.69, 9.17) is 0 Å². The maximum absolute atomic E-state index is 11.8. The van der Waals surface area contributed by atoms with Crippen LogP contribution in [0.2, 0.25) is 0 Å². The summed E-state index contributed by atoms with van der Waals surface area (Å²) in [4.78, 5) is 19.0. The highest BCUT2D eigenvalue weighted by atomic mass is 16.1. The van der Waals surface area contributed by atoms with Crippen molar-refractivity contribution in [2.45, 2.75) is 13.8 Å². The van der Waals surface area contributed by atoms with Crippen molar-refractivity contribution in [3.63, 3.8) is 0 Å². The van der Waals surface area contributed by atoms with Crippen molar-refractivity contribution in [2.24, 2.45) is 0 Å². The van der Waals surface area contributed by atoms with Gasteiger partial charge in [0.05, 0.1) is 5.69 Å². The van der Waals surface area contributed by atoms with Crippen LogP contribution in [0.25, 0.3) is 22.0 Å². The predicted molar refractivity (Wildman–Crippen MR) is 77.3 cm³/mol. The Bertz CT molecular complexity index is 818. The Balaban J connectivity index is 2.27. The van der Waals surface area contributed by atoms with Gasteiger partial charge in [0.1, 0.15) is 5.82 Å². The lowest BCUT2D eigenvalue weighted by Gasteiger charge is -2.07. The minimum atomic E-state index is -0.0735. The molecule has 1 heterocycles. The Morgan fingerprint density at radius 3 is 2.53 bits per heavy atom. The number of H-pyrrole nitrogens is 1. The molecular weight excluding hydrogens is 236 g/mol. The normalized spacial score (nSPS) is 10.8. The molecule has 0 atom stereocenters. The fourth-order valence-electron chi connectivity index (χ4n) is 2.26. The summed E-state index contributed by atoms with van der Waals surface area (Å²) in [5.41, 5.74) is 2.31. The molecule has 0 unspecified atom stereocenters. The lowest BCUT2D eigenvalue weighted by molar-refractivity contribution is 1.000. The molecule has 0 saturated heterocycles. The Morgan fingerprint density at radius 1 is 1.00 bits per heavy atom. The third kappa shape index (κ3) is 2.03. The average Bonchev–Trinajstić information content (AvgIpc) is 2.42. The van der Waals surface area contributed by atoms with Crippen LogP contribution in [0, 0.1) is 13.8 Å². The molecule has 0 fully saturated rings. The maximum atomic E-state index is 11.8. The zero-order valence-electron chi connectivity index (χ0n) is 10.9. The van der Waals surface area contributed by atoms with Crippen LogP contribution in [-0.2, 0) is 0 Å². The molecule has 0 amide bonds. The molecule has 3 rings (SSSR count). The van der Waals surface area contributed by atoms with Crippen molar-refractivity contribution in [1.29, 1.82) is 0 Å². The largest absolute Gasteiger partial charge is 0.311 e. The maximum Gasteiger partial charge on any atom is 0.254 e. The number of rotatable bonds is 1. The van der Waals surface area contributed by atoms with Crippen molar-refractivity contribution >= 4 is 10.8 Å². The summed E-state index contributed by atoms with van der Waals surface area (Å²) in [6.07, 6.45) is 0. The van der Waals surface area contributed by atoms with Crippen LogP contribution in [0.5, 0.6) is 0 Å². The fourth-order valence-corrected chi connectivity index (χ4v) is 2.26. The molecule has 0 aliphatic heterocycles. The first kappa shape index (κ1) is 11.7. The molecule has 0 saturated carbocycles. The molecule has 0 radical (unpaired) electrons. The van der Waals surface area contributed by atoms with Crippen LogP contribution in [0.1, 0.15) is 11.4 Å². The van der Waals surface area contributed by atoms with Gasteiger partial charge in [0.2, 0.25) is 0 Å². The van der Waals surface area contributed by atoms with E-state index in [2.05, 4.69) is 34.2 Å². The summed E-state index contributed by atoms with van der Waals surface area (Å²) in [5, 5.41) is 2.34. The van der Waals surface area contributed by atoms with Crippen molar-refractivity contribution in [3.05, 3.63) is 64.2 Å². The van der Waals surface area contributed by atoms with Crippen LogP contribution in [0.15, 0.2) is 47.3 Å². The quantitative estimate of drug-likeness (QED) is 0.720. The molecule has 2 aromatic carbocycles. The molecule has 0 aliphatic carbocycles. The number of hydrogen-bond acceptors (Lipinski definition) is 2. The van der Waals surface area contributed by atoms with Gasteiger partial charge in [0.25, 0.3) is 5.56 Å².